The van der Waals surface area contributed by atoms with E-state index in [9.17, 15) is 27.6 Å². The van der Waals surface area contributed by atoms with Crippen molar-refractivity contribution in [2.75, 3.05) is 11.1 Å². The molecule has 1 atom stereocenters. The Morgan fingerprint density at radius 1 is 1.05 bits per heavy atom. The van der Waals surface area contributed by atoms with Crippen molar-refractivity contribution in [3.8, 4) is 0 Å². The van der Waals surface area contributed by atoms with Crippen molar-refractivity contribution < 1.29 is 27.6 Å². The second kappa shape index (κ2) is 11.6. The molecule has 2 aliphatic heterocycles. The number of hydrogen-bond acceptors (Lipinski definition) is 7. The van der Waals surface area contributed by atoms with Crippen molar-refractivity contribution >= 4 is 63.2 Å². The molecule has 5 rings (SSSR count). The molecular weight excluding hydrogens is 563 g/mol. The van der Waals surface area contributed by atoms with Gasteiger partial charge in [0.2, 0.25) is 11.8 Å². The summed E-state index contributed by atoms with van der Waals surface area (Å²) < 4.78 is 39.0. The zero-order chi connectivity index (χ0) is 28.3. The van der Waals surface area contributed by atoms with E-state index in [1.54, 1.807) is 24.3 Å². The molecule has 1 unspecified atom stereocenters. The Morgan fingerprint density at radius 3 is 2.65 bits per heavy atom. The molecule has 3 amide bonds. The molecule has 40 heavy (non-hydrogen) atoms. The monoisotopic (exact) mass is 585 g/mol. The third-order valence-corrected chi connectivity index (χ3v) is 7.85. The minimum Gasteiger partial charge on any atom is -0.351 e. The largest absolute Gasteiger partial charge is 0.416 e. The Morgan fingerprint density at radius 2 is 1.88 bits per heavy atom. The average molecular weight is 586 g/mol. The van der Waals surface area contributed by atoms with Crippen LogP contribution in [0.4, 0.5) is 24.5 Å². The molecule has 0 radical (unpaired) electrons. The van der Waals surface area contributed by atoms with Crippen molar-refractivity contribution in [3.63, 3.8) is 0 Å². The van der Waals surface area contributed by atoms with Gasteiger partial charge in [0.05, 0.1) is 23.5 Å². The number of para-hydroxylation sites is 1. The predicted octanol–water partition coefficient (Wildman–Crippen LogP) is 5.19. The molecule has 0 saturated carbocycles. The number of amides is 3. The van der Waals surface area contributed by atoms with Crippen LogP contribution in [-0.2, 0) is 27.1 Å². The quantitative estimate of drug-likeness (QED) is 0.380. The zero-order valence-corrected chi connectivity index (χ0v) is 22.4. The van der Waals surface area contributed by atoms with Crippen LogP contribution in [0.5, 0.6) is 0 Å². The van der Waals surface area contributed by atoms with Gasteiger partial charge in [-0.15, -0.1) is 11.3 Å². The molecule has 3 aromatic rings. The molecule has 206 valence electrons. The summed E-state index contributed by atoms with van der Waals surface area (Å²) in [6, 6.07) is 14.5. The summed E-state index contributed by atoms with van der Waals surface area (Å²) in [4.78, 5) is 49.8. The summed E-state index contributed by atoms with van der Waals surface area (Å²) in [6.07, 6.45) is -4.23. The van der Waals surface area contributed by atoms with E-state index in [1.807, 2.05) is 17.5 Å². The van der Waals surface area contributed by atoms with E-state index in [2.05, 4.69) is 20.6 Å². The number of hydrogen-bond donors (Lipinski definition) is 2. The van der Waals surface area contributed by atoms with Crippen LogP contribution >= 0.6 is 23.1 Å². The minimum atomic E-state index is -4.53. The molecule has 0 fully saturated rings. The van der Waals surface area contributed by atoms with Gasteiger partial charge < -0.3 is 10.6 Å². The first-order chi connectivity index (χ1) is 19.2. The normalized spacial score (nSPS) is 16.1. The molecular formula is C27H22F3N5O3S2. The highest BCUT2D eigenvalue weighted by Crippen LogP contribution is 2.34. The Hall–Kier alpha value is -3.97. The van der Waals surface area contributed by atoms with Crippen molar-refractivity contribution in [1.29, 1.82) is 0 Å². The third kappa shape index (κ3) is 6.26. The molecule has 8 nitrogen and oxygen atoms in total. The number of nitrogens with zero attached hydrogens (tertiary/aromatic N) is 3. The number of anilines is 1. The Bertz CT molecular complexity index is 1510. The summed E-state index contributed by atoms with van der Waals surface area (Å²) in [5.74, 6) is -0.930. The van der Waals surface area contributed by atoms with Gasteiger partial charge in [-0.05, 0) is 48.2 Å². The minimum absolute atomic E-state index is 0.00766. The fourth-order valence-corrected chi connectivity index (χ4v) is 5.59. The molecule has 13 heteroatoms. The van der Waals surface area contributed by atoms with Crippen LogP contribution in [0.15, 0.2) is 76.0 Å². The molecule has 0 saturated heterocycles. The van der Waals surface area contributed by atoms with Gasteiger partial charge in [-0.1, -0.05) is 36.0 Å². The molecule has 0 spiro atoms. The predicted molar refractivity (Wildman–Crippen MR) is 149 cm³/mol. The maximum Gasteiger partial charge on any atom is 0.416 e. The van der Waals surface area contributed by atoms with E-state index in [0.717, 1.165) is 28.8 Å². The van der Waals surface area contributed by atoms with Crippen LogP contribution in [0.3, 0.4) is 0 Å². The maximum absolute atomic E-state index is 13.4. The summed E-state index contributed by atoms with van der Waals surface area (Å²) >= 11 is 2.51. The fraction of sp³-hybridized carbons (Fsp3) is 0.222. The van der Waals surface area contributed by atoms with Crippen molar-refractivity contribution in [2.45, 2.75) is 31.6 Å². The van der Waals surface area contributed by atoms with E-state index in [0.29, 0.717) is 23.6 Å². The topological polar surface area (TPSA) is 103 Å². The maximum atomic E-state index is 13.4. The Labute approximate surface area is 235 Å². The number of carbonyl (C=O) groups excluding carboxylic acids is 3. The highest BCUT2D eigenvalue weighted by molar-refractivity contribution is 8.14. The number of carbonyl (C=O) groups is 3. The first-order valence-corrected chi connectivity index (χ1v) is 14.0. The van der Waals surface area contributed by atoms with Crippen LogP contribution < -0.4 is 10.6 Å². The second-order valence-electron chi connectivity index (χ2n) is 8.86. The number of thiophene rings is 1. The summed E-state index contributed by atoms with van der Waals surface area (Å²) in [6.45, 7) is 0.416. The number of benzene rings is 2. The van der Waals surface area contributed by atoms with Gasteiger partial charge in [0.1, 0.15) is 11.9 Å². The smallest absolute Gasteiger partial charge is 0.351 e. The third-order valence-electron chi connectivity index (χ3n) is 6.04. The number of thioether (sulfide) groups is 1. The first kappa shape index (κ1) is 27.6. The molecule has 0 bridgehead atoms. The summed E-state index contributed by atoms with van der Waals surface area (Å²) in [7, 11) is 0. The van der Waals surface area contributed by atoms with Gasteiger partial charge in [0.15, 0.2) is 5.17 Å². The van der Waals surface area contributed by atoms with Crippen LogP contribution in [0.2, 0.25) is 0 Å². The van der Waals surface area contributed by atoms with Crippen LogP contribution in [0.1, 0.15) is 28.8 Å². The van der Waals surface area contributed by atoms with E-state index < -0.39 is 23.7 Å². The number of aliphatic imine (C=N–C) groups is 2. The second-order valence-corrected chi connectivity index (χ2v) is 10.8. The number of fused-ring (bicyclic) bond motifs is 3. The number of nitrogens with one attached hydrogen (secondary N) is 2. The summed E-state index contributed by atoms with van der Waals surface area (Å²) in [5.41, 5.74) is 0.355. The van der Waals surface area contributed by atoms with E-state index in [-0.39, 0.29) is 41.3 Å². The van der Waals surface area contributed by atoms with Crippen molar-refractivity contribution in [1.82, 2.24) is 10.2 Å². The van der Waals surface area contributed by atoms with Crippen LogP contribution in [0.25, 0.3) is 0 Å². The average Bonchev–Trinajstić information content (AvgIpc) is 3.57. The van der Waals surface area contributed by atoms with Gasteiger partial charge >= 0.3 is 6.18 Å². The van der Waals surface area contributed by atoms with E-state index in [1.165, 1.54) is 28.4 Å². The van der Waals surface area contributed by atoms with Crippen molar-refractivity contribution in [2.24, 2.45) is 9.98 Å². The molecule has 3 heterocycles. The first-order valence-electron chi connectivity index (χ1n) is 12.2. The lowest BCUT2D eigenvalue weighted by Crippen LogP contribution is -2.41. The summed E-state index contributed by atoms with van der Waals surface area (Å²) in [5, 5.41) is 7.45. The molecule has 0 aliphatic carbocycles. The Kier molecular flexibility index (Phi) is 8.03. The molecule has 2 aromatic carbocycles. The van der Waals surface area contributed by atoms with Gasteiger partial charge in [-0.2, -0.15) is 13.2 Å². The van der Waals surface area contributed by atoms with Crippen LogP contribution in [0, 0.1) is 0 Å². The molecule has 1 aromatic heterocycles. The Balaban J connectivity index is 1.25. The fourth-order valence-electron chi connectivity index (χ4n) is 4.14. The molecule has 2 N–H and O–H groups in total. The number of alkyl halides is 3. The highest BCUT2D eigenvalue weighted by atomic mass is 32.2. The van der Waals surface area contributed by atoms with E-state index >= 15 is 0 Å². The highest BCUT2D eigenvalue weighted by Gasteiger charge is 2.41. The number of halogens is 3. The molecule has 2 aliphatic rings. The SMILES string of the molecule is O=C(CCC1N=C2c3ccccc3N=C(SCC(=O)Nc3cccc(C(F)(F)F)c3)N2C1=O)NCc1cccs1. The lowest BCUT2D eigenvalue weighted by molar-refractivity contribution is -0.137. The standard InChI is InChI=1S/C27H22F3N5O3S2/c28-27(29,30)16-5-3-6-17(13-16)32-23(37)15-40-26-34-20-9-2-1-8-19(20)24-33-21(25(38)35(24)26)10-11-22(36)31-14-18-7-4-12-39-18/h1-9,12-13,21H,10-11,14-15H2,(H,31,36)(H,32,37). The van der Waals surface area contributed by atoms with Gasteiger partial charge in [0, 0.05) is 22.5 Å². The lowest BCUT2D eigenvalue weighted by Gasteiger charge is -2.25. The van der Waals surface area contributed by atoms with E-state index in [4.69, 9.17) is 0 Å². The zero-order valence-electron chi connectivity index (χ0n) is 20.8. The van der Waals surface area contributed by atoms with Gasteiger partial charge in [-0.3, -0.25) is 19.4 Å². The lowest BCUT2D eigenvalue weighted by atomic mass is 10.1. The van der Waals surface area contributed by atoms with Crippen LogP contribution in [-0.4, -0.2) is 45.4 Å². The van der Waals surface area contributed by atoms with Crippen molar-refractivity contribution in [3.05, 3.63) is 82.0 Å². The number of amidine groups is 2. The van der Waals surface area contributed by atoms with Gasteiger partial charge in [-0.25, -0.2) is 9.89 Å². The van der Waals surface area contributed by atoms with Gasteiger partial charge in [0.25, 0.3) is 5.91 Å². The number of rotatable bonds is 8.